The van der Waals surface area contributed by atoms with Gasteiger partial charge in [-0.3, -0.25) is 9.59 Å². The second-order valence-electron chi connectivity index (χ2n) is 7.67. The first-order valence-corrected chi connectivity index (χ1v) is 10.2. The van der Waals surface area contributed by atoms with Crippen LogP contribution in [-0.2, 0) is 0 Å². The van der Waals surface area contributed by atoms with Crippen LogP contribution in [0.3, 0.4) is 0 Å². The number of ketones is 2. The summed E-state index contributed by atoms with van der Waals surface area (Å²) in [5, 5.41) is 8.97. The Kier molecular flexibility index (Phi) is 4.79. The molecule has 0 unspecified atom stereocenters. The Balaban J connectivity index is 1.55. The van der Waals surface area contributed by atoms with Crippen molar-refractivity contribution in [3.63, 3.8) is 0 Å². The van der Waals surface area contributed by atoms with Crippen molar-refractivity contribution >= 4 is 11.6 Å². The summed E-state index contributed by atoms with van der Waals surface area (Å²) in [6.07, 6.45) is 1.93. The van der Waals surface area contributed by atoms with Crippen LogP contribution in [-0.4, -0.2) is 18.7 Å². The number of fused-ring (bicyclic) bond motifs is 1. The third kappa shape index (κ3) is 3.28. The van der Waals surface area contributed by atoms with Gasteiger partial charge in [0.2, 0.25) is 0 Å². The molecule has 0 radical (unpaired) electrons. The molecule has 0 aromatic heterocycles. The van der Waals surface area contributed by atoms with Crippen LogP contribution in [0.5, 0.6) is 5.75 Å². The van der Waals surface area contributed by atoms with Gasteiger partial charge in [-0.2, -0.15) is 10.2 Å². The number of ether oxygens (including phenoxy) is 1. The second-order valence-corrected chi connectivity index (χ2v) is 7.67. The summed E-state index contributed by atoms with van der Waals surface area (Å²) in [7, 11) is 1.63. The van der Waals surface area contributed by atoms with Crippen molar-refractivity contribution in [3.05, 3.63) is 113 Å². The van der Waals surface area contributed by atoms with Crippen molar-refractivity contribution in [2.24, 2.45) is 16.1 Å². The molecule has 152 valence electrons. The van der Waals surface area contributed by atoms with Gasteiger partial charge in [0.1, 0.15) is 17.7 Å². The van der Waals surface area contributed by atoms with E-state index in [1.807, 2.05) is 60.7 Å². The fourth-order valence-corrected chi connectivity index (χ4v) is 4.30. The quantitative estimate of drug-likeness (QED) is 0.530. The highest BCUT2D eigenvalue weighted by atomic mass is 16.5. The number of Topliss-reactive ketones (excluding diaryl/α,β-unsaturated/α-hetero) is 2. The van der Waals surface area contributed by atoms with Crippen molar-refractivity contribution in [3.8, 4) is 5.75 Å². The summed E-state index contributed by atoms with van der Waals surface area (Å²) in [5.41, 5.74) is 3.38. The van der Waals surface area contributed by atoms with Crippen LogP contribution >= 0.6 is 0 Å². The Morgan fingerprint density at radius 1 is 0.742 bits per heavy atom. The largest absolute Gasteiger partial charge is 0.497 e. The van der Waals surface area contributed by atoms with Gasteiger partial charge in [-0.1, -0.05) is 66.7 Å². The zero-order chi connectivity index (χ0) is 21.4. The van der Waals surface area contributed by atoms with Gasteiger partial charge in [0.05, 0.1) is 12.8 Å². The fourth-order valence-electron chi connectivity index (χ4n) is 4.30. The van der Waals surface area contributed by atoms with Crippen molar-refractivity contribution in [1.82, 2.24) is 0 Å². The van der Waals surface area contributed by atoms with Gasteiger partial charge in [0, 0.05) is 17.0 Å². The highest BCUT2D eigenvalue weighted by Gasteiger charge is 2.42. The summed E-state index contributed by atoms with van der Waals surface area (Å²) < 4.78 is 5.27. The number of nitrogens with zero attached hydrogens (tertiary/aromatic N) is 2. The lowest BCUT2D eigenvalue weighted by Crippen LogP contribution is -2.21. The molecule has 5 nitrogen and oxygen atoms in total. The molecule has 5 heteroatoms. The van der Waals surface area contributed by atoms with E-state index in [2.05, 4.69) is 10.2 Å². The summed E-state index contributed by atoms with van der Waals surface area (Å²) in [4.78, 5) is 26.0. The van der Waals surface area contributed by atoms with E-state index in [4.69, 9.17) is 4.74 Å². The lowest BCUT2D eigenvalue weighted by Gasteiger charge is -2.26. The summed E-state index contributed by atoms with van der Waals surface area (Å²) in [5.74, 6) is -0.722. The van der Waals surface area contributed by atoms with Gasteiger partial charge >= 0.3 is 0 Å². The molecule has 0 saturated carbocycles. The minimum atomic E-state index is -0.927. The lowest BCUT2D eigenvalue weighted by atomic mass is 9.84. The summed E-state index contributed by atoms with van der Waals surface area (Å²) in [6.45, 7) is 0. The molecule has 0 saturated heterocycles. The third-order valence-electron chi connectivity index (χ3n) is 5.91. The molecule has 1 aliphatic heterocycles. The number of azo groups is 1. The smallest absolute Gasteiger partial charge is 0.180 e. The van der Waals surface area contributed by atoms with E-state index in [1.54, 1.807) is 31.4 Å². The zero-order valence-corrected chi connectivity index (χ0v) is 16.9. The van der Waals surface area contributed by atoms with Gasteiger partial charge in [0.25, 0.3) is 0 Å². The fraction of sp³-hybridized carbons (Fsp3) is 0.154. The molecular weight excluding hydrogens is 388 g/mol. The highest BCUT2D eigenvalue weighted by molar-refractivity contribution is 6.28. The summed E-state index contributed by atoms with van der Waals surface area (Å²) >= 11 is 0. The lowest BCUT2D eigenvalue weighted by molar-refractivity contribution is 0.0861. The van der Waals surface area contributed by atoms with E-state index in [0.29, 0.717) is 16.8 Å². The standard InChI is InChI=1S/C26H20N2O3/c1-31-18-13-11-17(12-14-18)24-21(16-7-3-2-4-8-16)15-22(27-28-24)23-25(29)19-9-5-6-10-20(19)26(23)30/h2-15,21,23-24H,1H3/t21-,24+/m0/s1. The number of hydrogen-bond donors (Lipinski definition) is 0. The average molecular weight is 408 g/mol. The van der Waals surface area contributed by atoms with Crippen molar-refractivity contribution in [2.75, 3.05) is 7.11 Å². The number of hydrogen-bond acceptors (Lipinski definition) is 5. The van der Waals surface area contributed by atoms with Gasteiger partial charge in [-0.05, 0) is 29.3 Å². The maximum Gasteiger partial charge on any atom is 0.180 e. The Morgan fingerprint density at radius 2 is 1.35 bits per heavy atom. The first-order valence-electron chi connectivity index (χ1n) is 10.2. The number of methoxy groups -OCH3 is 1. The molecule has 1 aliphatic carbocycles. The van der Waals surface area contributed by atoms with Crippen molar-refractivity contribution in [1.29, 1.82) is 0 Å². The number of allylic oxidation sites excluding steroid dienone is 1. The minimum absolute atomic E-state index is 0.147. The van der Waals surface area contributed by atoms with E-state index in [9.17, 15) is 9.59 Å². The highest BCUT2D eigenvalue weighted by Crippen LogP contribution is 2.43. The summed E-state index contributed by atoms with van der Waals surface area (Å²) in [6, 6.07) is 24.4. The number of benzene rings is 3. The molecule has 0 amide bonds. The predicted molar refractivity (Wildman–Crippen MR) is 116 cm³/mol. The minimum Gasteiger partial charge on any atom is -0.497 e. The molecule has 2 aliphatic rings. The molecule has 1 heterocycles. The average Bonchev–Trinajstić information content (AvgIpc) is 3.09. The molecule has 3 aromatic rings. The topological polar surface area (TPSA) is 68.1 Å². The van der Waals surface area contributed by atoms with Gasteiger partial charge in [0.15, 0.2) is 11.6 Å². The molecule has 0 bridgehead atoms. The van der Waals surface area contributed by atoms with Gasteiger partial charge in [-0.15, -0.1) is 0 Å². The van der Waals surface area contributed by atoms with Crippen LogP contribution in [0.25, 0.3) is 0 Å². The van der Waals surface area contributed by atoms with Crippen LogP contribution in [0.4, 0.5) is 0 Å². The van der Waals surface area contributed by atoms with Crippen LogP contribution in [0.1, 0.15) is 43.8 Å². The molecule has 0 fully saturated rings. The monoisotopic (exact) mass is 408 g/mol. The maximum absolute atomic E-state index is 13.0. The SMILES string of the molecule is COc1ccc([C@H]2N=NC(C3C(=O)c4ccccc4C3=O)=C[C@H]2c2ccccc2)cc1. The van der Waals surface area contributed by atoms with E-state index in [0.717, 1.165) is 16.9 Å². The Labute approximate surface area is 180 Å². The van der Waals surface area contributed by atoms with Crippen molar-refractivity contribution in [2.45, 2.75) is 12.0 Å². The van der Waals surface area contributed by atoms with E-state index >= 15 is 0 Å². The van der Waals surface area contributed by atoms with Crippen LogP contribution in [0.2, 0.25) is 0 Å². The Morgan fingerprint density at radius 3 is 1.97 bits per heavy atom. The molecule has 2 atom stereocenters. The maximum atomic E-state index is 13.0. The van der Waals surface area contributed by atoms with E-state index in [-0.39, 0.29) is 23.5 Å². The second kappa shape index (κ2) is 7.76. The van der Waals surface area contributed by atoms with E-state index < -0.39 is 5.92 Å². The third-order valence-corrected chi connectivity index (χ3v) is 5.91. The van der Waals surface area contributed by atoms with Crippen LogP contribution < -0.4 is 4.74 Å². The number of carbonyl (C=O) groups is 2. The van der Waals surface area contributed by atoms with Crippen LogP contribution in [0.15, 0.2) is 101 Å². The molecule has 5 rings (SSSR count). The van der Waals surface area contributed by atoms with Gasteiger partial charge in [-0.25, -0.2) is 0 Å². The first kappa shape index (κ1) is 19.1. The van der Waals surface area contributed by atoms with Gasteiger partial charge < -0.3 is 4.74 Å². The van der Waals surface area contributed by atoms with Crippen LogP contribution in [0, 0.1) is 5.92 Å². The number of carbonyl (C=O) groups excluding carboxylic acids is 2. The van der Waals surface area contributed by atoms with Crippen molar-refractivity contribution < 1.29 is 14.3 Å². The molecule has 31 heavy (non-hydrogen) atoms. The van der Waals surface area contributed by atoms with E-state index in [1.165, 1.54) is 0 Å². The molecule has 0 spiro atoms. The molecule has 3 aromatic carbocycles. The first-order chi connectivity index (χ1) is 15.2. The molecule has 0 N–H and O–H groups in total. The predicted octanol–water partition coefficient (Wildman–Crippen LogP) is 5.57. The molecular formula is C26H20N2O3. The Hall–Kier alpha value is -3.86. The normalized spacial score (nSPS) is 20.5. The Bertz CT molecular complexity index is 1180. The zero-order valence-electron chi connectivity index (χ0n) is 16.9. The number of rotatable bonds is 4.